The lowest BCUT2D eigenvalue weighted by atomic mass is 9.96. The summed E-state index contributed by atoms with van der Waals surface area (Å²) in [5.74, 6) is -0.0657. The fraction of sp³-hybridized carbons (Fsp3) is 0.125. The molecule has 1 aliphatic rings. The number of carbonyl (C=O) groups excluding carboxylic acids is 1. The fourth-order valence-corrected chi connectivity index (χ4v) is 2.85. The van der Waals surface area contributed by atoms with E-state index in [1.165, 1.54) is 0 Å². The largest absolute Gasteiger partial charge is 0.303 e. The van der Waals surface area contributed by atoms with Crippen LogP contribution in [0.3, 0.4) is 0 Å². The Hall–Kier alpha value is -1.78. The number of nitrogens with zero attached hydrogens (tertiary/aromatic N) is 1. The van der Waals surface area contributed by atoms with Crippen molar-refractivity contribution in [1.29, 1.82) is 0 Å². The van der Waals surface area contributed by atoms with E-state index in [9.17, 15) is 4.79 Å². The molecule has 3 rings (SSSR count). The van der Waals surface area contributed by atoms with E-state index in [4.69, 9.17) is 5.73 Å². The van der Waals surface area contributed by atoms with Crippen LogP contribution in [-0.2, 0) is 11.2 Å². The molecule has 1 heterocycles. The second kappa shape index (κ2) is 5.31. The molecule has 0 saturated heterocycles. The average Bonchev–Trinajstić information content (AvgIpc) is 2.59. The molecule has 0 saturated carbocycles. The summed E-state index contributed by atoms with van der Waals surface area (Å²) in [6.45, 7) is 0. The molecule has 0 aliphatic carbocycles. The molecule has 0 bridgehead atoms. The number of nitrogens with two attached hydrogens (primary N) is 1. The lowest BCUT2D eigenvalue weighted by Crippen LogP contribution is -2.29. The normalized spacial score (nSPS) is 18.2. The van der Waals surface area contributed by atoms with Gasteiger partial charge in [-0.15, -0.1) is 0 Å². The molecule has 100 valence electrons. The zero-order valence-corrected chi connectivity index (χ0v) is 12.3. The van der Waals surface area contributed by atoms with Gasteiger partial charge < -0.3 is 5.73 Å². The van der Waals surface area contributed by atoms with Gasteiger partial charge in [0.15, 0.2) is 11.9 Å². The highest BCUT2D eigenvalue weighted by molar-refractivity contribution is 9.10. The first-order valence-corrected chi connectivity index (χ1v) is 7.15. The SMILES string of the molecule is NC1N=C(c2ccccc2)c2cccc(Br)c2CC1=O. The Morgan fingerprint density at radius 1 is 1.10 bits per heavy atom. The van der Waals surface area contributed by atoms with Crippen LogP contribution in [0, 0.1) is 0 Å². The van der Waals surface area contributed by atoms with Crippen LogP contribution in [0.2, 0.25) is 0 Å². The summed E-state index contributed by atoms with van der Waals surface area (Å²) in [6.07, 6.45) is -0.498. The Morgan fingerprint density at radius 3 is 2.60 bits per heavy atom. The van der Waals surface area contributed by atoms with E-state index >= 15 is 0 Å². The van der Waals surface area contributed by atoms with E-state index in [1.54, 1.807) is 0 Å². The summed E-state index contributed by atoms with van der Waals surface area (Å²) in [7, 11) is 0. The second-order valence-corrected chi connectivity index (χ2v) is 5.55. The minimum Gasteiger partial charge on any atom is -0.303 e. The summed E-state index contributed by atoms with van der Waals surface area (Å²) < 4.78 is 0.918. The van der Waals surface area contributed by atoms with Gasteiger partial charge in [0.2, 0.25) is 0 Å². The number of fused-ring (bicyclic) bond motifs is 1. The van der Waals surface area contributed by atoms with Crippen LogP contribution in [0.25, 0.3) is 0 Å². The number of rotatable bonds is 1. The molecule has 1 atom stereocenters. The van der Waals surface area contributed by atoms with Crippen LogP contribution in [0.1, 0.15) is 16.7 Å². The monoisotopic (exact) mass is 328 g/mol. The van der Waals surface area contributed by atoms with Gasteiger partial charge in [0.05, 0.1) is 5.71 Å². The van der Waals surface area contributed by atoms with E-state index in [2.05, 4.69) is 20.9 Å². The number of benzene rings is 2. The molecule has 2 aromatic rings. The Labute approximate surface area is 125 Å². The maximum absolute atomic E-state index is 12.1. The Morgan fingerprint density at radius 2 is 1.85 bits per heavy atom. The van der Waals surface area contributed by atoms with Crippen molar-refractivity contribution < 1.29 is 4.79 Å². The summed E-state index contributed by atoms with van der Waals surface area (Å²) in [5, 5.41) is 0. The van der Waals surface area contributed by atoms with E-state index < -0.39 is 6.17 Å². The van der Waals surface area contributed by atoms with Gasteiger partial charge in [0, 0.05) is 22.0 Å². The van der Waals surface area contributed by atoms with E-state index in [-0.39, 0.29) is 5.78 Å². The smallest absolute Gasteiger partial charge is 0.176 e. The van der Waals surface area contributed by atoms with E-state index in [0.717, 1.165) is 26.9 Å². The first kappa shape index (κ1) is 13.2. The Kier molecular flexibility index (Phi) is 3.51. The summed E-state index contributed by atoms with van der Waals surface area (Å²) in [4.78, 5) is 16.5. The Bertz CT molecular complexity index is 695. The van der Waals surface area contributed by atoms with Gasteiger partial charge in [0.25, 0.3) is 0 Å². The predicted molar refractivity (Wildman–Crippen MR) is 82.9 cm³/mol. The molecular weight excluding hydrogens is 316 g/mol. The molecular formula is C16H13BrN2O. The molecule has 1 aliphatic heterocycles. The van der Waals surface area contributed by atoms with Gasteiger partial charge in [-0.05, 0) is 11.6 Å². The molecule has 20 heavy (non-hydrogen) atoms. The molecule has 1 unspecified atom stereocenters. The standard InChI is InChI=1S/C16H13BrN2O/c17-13-8-4-7-11-12(13)9-14(20)16(18)19-15(11)10-5-2-1-3-6-10/h1-8,16H,9,18H2. The molecule has 2 N–H and O–H groups in total. The molecule has 0 amide bonds. The van der Waals surface area contributed by atoms with Crippen molar-refractivity contribution in [2.24, 2.45) is 10.7 Å². The summed E-state index contributed by atoms with van der Waals surface area (Å²) in [5.41, 5.74) is 9.55. The summed E-state index contributed by atoms with van der Waals surface area (Å²) in [6, 6.07) is 15.7. The lowest BCUT2D eigenvalue weighted by Gasteiger charge is -2.10. The van der Waals surface area contributed by atoms with E-state index in [1.807, 2.05) is 48.5 Å². The van der Waals surface area contributed by atoms with Crippen molar-refractivity contribution in [2.45, 2.75) is 12.6 Å². The molecule has 0 aromatic heterocycles. The van der Waals surface area contributed by atoms with Crippen molar-refractivity contribution >= 4 is 27.4 Å². The first-order chi connectivity index (χ1) is 9.66. The van der Waals surface area contributed by atoms with Gasteiger partial charge in [0.1, 0.15) is 0 Å². The summed E-state index contributed by atoms with van der Waals surface area (Å²) >= 11 is 3.52. The van der Waals surface area contributed by atoms with Crippen molar-refractivity contribution in [3.05, 3.63) is 69.7 Å². The molecule has 4 heteroatoms. The molecule has 0 radical (unpaired) electrons. The van der Waals surface area contributed by atoms with Crippen molar-refractivity contribution in [3.63, 3.8) is 0 Å². The highest BCUT2D eigenvalue weighted by atomic mass is 79.9. The lowest BCUT2D eigenvalue weighted by molar-refractivity contribution is -0.119. The number of ketones is 1. The predicted octanol–water partition coefficient (Wildman–Crippen LogP) is 2.70. The minimum absolute atomic E-state index is 0.0657. The highest BCUT2D eigenvalue weighted by Gasteiger charge is 2.24. The van der Waals surface area contributed by atoms with E-state index in [0.29, 0.717) is 6.42 Å². The fourth-order valence-electron chi connectivity index (χ4n) is 2.35. The van der Waals surface area contributed by atoms with Gasteiger partial charge in [-0.25, -0.2) is 0 Å². The number of hydrogen-bond acceptors (Lipinski definition) is 3. The maximum atomic E-state index is 12.1. The zero-order valence-electron chi connectivity index (χ0n) is 10.7. The van der Waals surface area contributed by atoms with Crippen LogP contribution in [0.5, 0.6) is 0 Å². The van der Waals surface area contributed by atoms with Gasteiger partial charge >= 0.3 is 0 Å². The number of Topliss-reactive ketones (excluding diaryl/α,β-unsaturated/α-hetero) is 1. The van der Waals surface area contributed by atoms with Crippen LogP contribution < -0.4 is 5.73 Å². The third-order valence-corrected chi connectivity index (χ3v) is 4.11. The second-order valence-electron chi connectivity index (χ2n) is 4.70. The third-order valence-electron chi connectivity index (χ3n) is 3.37. The van der Waals surface area contributed by atoms with Crippen LogP contribution in [0.4, 0.5) is 0 Å². The maximum Gasteiger partial charge on any atom is 0.176 e. The number of halogens is 1. The van der Waals surface area contributed by atoms with Gasteiger partial charge in [-0.1, -0.05) is 58.4 Å². The first-order valence-electron chi connectivity index (χ1n) is 6.36. The molecule has 0 fully saturated rings. The number of hydrogen-bond donors (Lipinski definition) is 1. The minimum atomic E-state index is -0.801. The third kappa shape index (κ3) is 2.32. The Balaban J connectivity index is 2.25. The van der Waals surface area contributed by atoms with Crippen LogP contribution >= 0.6 is 15.9 Å². The molecule has 3 nitrogen and oxygen atoms in total. The van der Waals surface area contributed by atoms with Crippen molar-refractivity contribution in [2.75, 3.05) is 0 Å². The zero-order chi connectivity index (χ0) is 14.1. The number of aliphatic imine (C=N–C) groups is 1. The van der Waals surface area contributed by atoms with Crippen LogP contribution in [-0.4, -0.2) is 17.7 Å². The van der Waals surface area contributed by atoms with Gasteiger partial charge in [-0.3, -0.25) is 9.79 Å². The number of carbonyl (C=O) groups is 1. The topological polar surface area (TPSA) is 55.4 Å². The highest BCUT2D eigenvalue weighted by Crippen LogP contribution is 2.26. The van der Waals surface area contributed by atoms with Gasteiger partial charge in [-0.2, -0.15) is 0 Å². The molecule has 2 aromatic carbocycles. The van der Waals surface area contributed by atoms with Crippen molar-refractivity contribution in [1.82, 2.24) is 0 Å². The quantitative estimate of drug-likeness (QED) is 0.875. The van der Waals surface area contributed by atoms with Crippen molar-refractivity contribution in [3.8, 4) is 0 Å². The molecule has 0 spiro atoms. The average molecular weight is 329 g/mol. The van der Waals surface area contributed by atoms with Crippen LogP contribution in [0.15, 0.2) is 58.0 Å².